The van der Waals surface area contributed by atoms with Gasteiger partial charge in [0.05, 0.1) is 11.1 Å². The molecule has 3 rings (SSSR count). The van der Waals surface area contributed by atoms with Gasteiger partial charge >= 0.3 is 5.97 Å². The number of carbonyl (C=O) groups excluding carboxylic acids is 3. The molecule has 2 aromatic carbocycles. The molecule has 0 saturated carbocycles. The van der Waals surface area contributed by atoms with Gasteiger partial charge in [0, 0.05) is 29.7 Å². The molecule has 1 aromatic heterocycles. The Labute approximate surface area is 185 Å². The lowest BCUT2D eigenvalue weighted by molar-refractivity contribution is -0.119. The van der Waals surface area contributed by atoms with Gasteiger partial charge in [-0.2, -0.15) is 0 Å². The monoisotopic (exact) mass is 439 g/mol. The number of carbonyl (C=O) groups is 3. The molecule has 160 valence electrons. The fourth-order valence-electron chi connectivity index (χ4n) is 3.03. The second-order valence-corrected chi connectivity index (χ2v) is 7.11. The minimum atomic E-state index is -0.618. The Bertz CT molecular complexity index is 1110. The molecule has 0 aliphatic heterocycles. The van der Waals surface area contributed by atoms with Crippen molar-refractivity contribution >= 4 is 46.0 Å². The van der Waals surface area contributed by atoms with Crippen LogP contribution in [0.1, 0.15) is 34.6 Å². The van der Waals surface area contributed by atoms with E-state index < -0.39 is 18.5 Å². The first-order valence-corrected chi connectivity index (χ1v) is 10.2. The van der Waals surface area contributed by atoms with Crippen LogP contribution in [0.5, 0.6) is 0 Å². The molecule has 8 heteroatoms. The molecule has 3 aromatic rings. The summed E-state index contributed by atoms with van der Waals surface area (Å²) in [6.45, 7) is 4.65. The number of hydrogen-bond donors (Lipinski definition) is 1. The van der Waals surface area contributed by atoms with Crippen LogP contribution >= 0.6 is 11.6 Å². The minimum Gasteiger partial charge on any atom is -0.452 e. The standard InChI is InChI=1S/C23H22ClN3O4/c1-3-27(4-2)22(29)15-5-9-18(10-6-15)25-21(28)14-31-23(30)17-7-11-19-16(13-17)8-12-20(24)26-19/h5-13H,3-4,14H2,1-2H3,(H,25,28). The number of esters is 1. The first-order chi connectivity index (χ1) is 14.9. The van der Waals surface area contributed by atoms with Gasteiger partial charge in [-0.15, -0.1) is 0 Å². The van der Waals surface area contributed by atoms with Crippen LogP contribution in [0.15, 0.2) is 54.6 Å². The van der Waals surface area contributed by atoms with Crippen molar-refractivity contribution in [2.24, 2.45) is 0 Å². The lowest BCUT2D eigenvalue weighted by Crippen LogP contribution is -2.30. The van der Waals surface area contributed by atoms with Crippen LogP contribution in [0.4, 0.5) is 5.69 Å². The summed E-state index contributed by atoms with van der Waals surface area (Å²) in [5, 5.41) is 3.75. The van der Waals surface area contributed by atoms with Gasteiger partial charge in [0.2, 0.25) is 0 Å². The third-order valence-corrected chi connectivity index (χ3v) is 4.90. The van der Waals surface area contributed by atoms with Crippen LogP contribution in [0.2, 0.25) is 5.15 Å². The number of rotatable bonds is 7. The topological polar surface area (TPSA) is 88.6 Å². The Morgan fingerprint density at radius 3 is 2.32 bits per heavy atom. The van der Waals surface area contributed by atoms with Gasteiger partial charge in [-0.05, 0) is 68.4 Å². The van der Waals surface area contributed by atoms with Crippen molar-refractivity contribution < 1.29 is 19.1 Å². The van der Waals surface area contributed by atoms with Gasteiger partial charge in [0.25, 0.3) is 11.8 Å². The maximum Gasteiger partial charge on any atom is 0.338 e. The second kappa shape index (κ2) is 10.0. The van der Waals surface area contributed by atoms with Crippen molar-refractivity contribution in [3.05, 3.63) is 70.9 Å². The van der Waals surface area contributed by atoms with Gasteiger partial charge in [-0.25, -0.2) is 9.78 Å². The number of anilines is 1. The molecular weight excluding hydrogens is 418 g/mol. The summed E-state index contributed by atoms with van der Waals surface area (Å²) in [4.78, 5) is 42.6. The number of amides is 2. The molecule has 1 heterocycles. The molecule has 0 atom stereocenters. The Balaban J connectivity index is 1.55. The van der Waals surface area contributed by atoms with Crippen molar-refractivity contribution in [1.82, 2.24) is 9.88 Å². The summed E-state index contributed by atoms with van der Waals surface area (Å²) in [7, 11) is 0. The third-order valence-electron chi connectivity index (χ3n) is 4.69. The van der Waals surface area contributed by atoms with E-state index in [1.54, 1.807) is 59.5 Å². The Hall–Kier alpha value is -3.45. The molecule has 7 nitrogen and oxygen atoms in total. The van der Waals surface area contributed by atoms with Crippen LogP contribution in [0, 0.1) is 0 Å². The molecule has 0 aliphatic rings. The zero-order chi connectivity index (χ0) is 22.4. The van der Waals surface area contributed by atoms with E-state index in [9.17, 15) is 14.4 Å². The van der Waals surface area contributed by atoms with Crippen LogP contribution < -0.4 is 5.32 Å². The summed E-state index contributed by atoms with van der Waals surface area (Å²) in [6, 6.07) is 14.8. The number of pyridine rings is 1. The highest BCUT2D eigenvalue weighted by molar-refractivity contribution is 6.29. The first-order valence-electron chi connectivity index (χ1n) is 9.84. The minimum absolute atomic E-state index is 0.0651. The number of ether oxygens (including phenoxy) is 1. The quantitative estimate of drug-likeness (QED) is 0.441. The predicted octanol–water partition coefficient (Wildman–Crippen LogP) is 4.17. The number of aromatic nitrogens is 1. The Kier molecular flexibility index (Phi) is 7.20. The maximum absolute atomic E-state index is 12.3. The van der Waals surface area contributed by atoms with E-state index >= 15 is 0 Å². The maximum atomic E-state index is 12.3. The Morgan fingerprint density at radius 2 is 1.65 bits per heavy atom. The van der Waals surface area contributed by atoms with Crippen molar-refractivity contribution in [2.75, 3.05) is 25.0 Å². The number of nitrogens with one attached hydrogen (secondary N) is 1. The fourth-order valence-corrected chi connectivity index (χ4v) is 3.18. The number of fused-ring (bicyclic) bond motifs is 1. The highest BCUT2D eigenvalue weighted by atomic mass is 35.5. The fraction of sp³-hybridized carbons (Fsp3) is 0.217. The summed E-state index contributed by atoms with van der Waals surface area (Å²) in [6.07, 6.45) is 0. The first kappa shape index (κ1) is 22.2. The lowest BCUT2D eigenvalue weighted by Gasteiger charge is -2.18. The lowest BCUT2D eigenvalue weighted by atomic mass is 10.1. The average Bonchev–Trinajstić information content (AvgIpc) is 2.78. The molecule has 0 fully saturated rings. The molecular formula is C23H22ClN3O4. The molecule has 2 amide bonds. The molecule has 1 N–H and O–H groups in total. The zero-order valence-corrected chi connectivity index (χ0v) is 18.0. The van der Waals surface area contributed by atoms with E-state index in [-0.39, 0.29) is 5.91 Å². The second-order valence-electron chi connectivity index (χ2n) is 6.72. The Morgan fingerprint density at radius 1 is 0.968 bits per heavy atom. The molecule has 0 unspecified atom stereocenters. The van der Waals surface area contributed by atoms with Crippen LogP contribution in [-0.2, 0) is 9.53 Å². The van der Waals surface area contributed by atoms with Gasteiger partial charge in [0.15, 0.2) is 6.61 Å². The normalized spacial score (nSPS) is 10.5. The van der Waals surface area contributed by atoms with E-state index in [1.807, 2.05) is 13.8 Å². The number of hydrogen-bond acceptors (Lipinski definition) is 5. The smallest absolute Gasteiger partial charge is 0.338 e. The average molecular weight is 440 g/mol. The van der Waals surface area contributed by atoms with Crippen molar-refractivity contribution in [1.29, 1.82) is 0 Å². The molecule has 0 bridgehead atoms. The molecule has 0 radical (unpaired) electrons. The summed E-state index contributed by atoms with van der Waals surface area (Å²) >= 11 is 5.86. The van der Waals surface area contributed by atoms with Gasteiger partial charge < -0.3 is 15.0 Å². The predicted molar refractivity (Wildman–Crippen MR) is 119 cm³/mol. The van der Waals surface area contributed by atoms with Crippen molar-refractivity contribution in [2.45, 2.75) is 13.8 Å². The molecule has 31 heavy (non-hydrogen) atoms. The zero-order valence-electron chi connectivity index (χ0n) is 17.2. The van der Waals surface area contributed by atoms with Gasteiger partial charge in [0.1, 0.15) is 5.15 Å². The highest BCUT2D eigenvalue weighted by Gasteiger charge is 2.14. The van der Waals surface area contributed by atoms with Gasteiger partial charge in [-0.3, -0.25) is 9.59 Å². The van der Waals surface area contributed by atoms with Crippen LogP contribution in [0.3, 0.4) is 0 Å². The van der Waals surface area contributed by atoms with E-state index in [1.165, 1.54) is 0 Å². The number of halogens is 1. The van der Waals surface area contributed by atoms with E-state index in [2.05, 4.69) is 10.3 Å². The highest BCUT2D eigenvalue weighted by Crippen LogP contribution is 2.18. The summed E-state index contributed by atoms with van der Waals surface area (Å²) in [5.74, 6) is -1.16. The summed E-state index contributed by atoms with van der Waals surface area (Å²) < 4.78 is 5.10. The van der Waals surface area contributed by atoms with Crippen molar-refractivity contribution in [3.8, 4) is 0 Å². The van der Waals surface area contributed by atoms with E-state index in [0.29, 0.717) is 40.6 Å². The third kappa shape index (κ3) is 5.58. The van der Waals surface area contributed by atoms with E-state index in [0.717, 1.165) is 5.39 Å². The largest absolute Gasteiger partial charge is 0.452 e. The molecule has 0 aliphatic carbocycles. The molecule has 0 saturated heterocycles. The molecule has 0 spiro atoms. The van der Waals surface area contributed by atoms with Crippen LogP contribution in [-0.4, -0.2) is 47.4 Å². The number of benzene rings is 2. The van der Waals surface area contributed by atoms with Gasteiger partial charge in [-0.1, -0.05) is 11.6 Å². The van der Waals surface area contributed by atoms with Crippen molar-refractivity contribution in [3.63, 3.8) is 0 Å². The number of nitrogens with zero attached hydrogens (tertiary/aromatic N) is 2. The van der Waals surface area contributed by atoms with E-state index in [4.69, 9.17) is 16.3 Å². The SMILES string of the molecule is CCN(CC)C(=O)c1ccc(NC(=O)COC(=O)c2ccc3nc(Cl)ccc3c2)cc1. The van der Waals surface area contributed by atoms with Crippen LogP contribution in [0.25, 0.3) is 10.9 Å². The summed E-state index contributed by atoms with van der Waals surface area (Å²) in [5.41, 5.74) is 2.01.